The molecule has 0 bridgehead atoms. The van der Waals surface area contributed by atoms with E-state index in [-0.39, 0.29) is 0 Å². The highest BCUT2D eigenvalue weighted by atomic mass is 32.2. The summed E-state index contributed by atoms with van der Waals surface area (Å²) in [5.74, 6) is 1.59. The molecule has 0 spiro atoms. The number of carbonyl (C=O) groups excluding carboxylic acids is 1. The van der Waals surface area contributed by atoms with Crippen molar-refractivity contribution in [2.45, 2.75) is 6.92 Å². The quantitative estimate of drug-likeness (QED) is 0.617. The Bertz CT molecular complexity index is 662. The molecule has 0 unspecified atom stereocenters. The number of furan rings is 1. The average Bonchev–Trinajstić information content (AvgIpc) is 2.95. The van der Waals surface area contributed by atoms with Crippen LogP contribution in [0.25, 0.3) is 17.4 Å². The van der Waals surface area contributed by atoms with Crippen molar-refractivity contribution in [2.24, 2.45) is 0 Å². The zero-order valence-corrected chi connectivity index (χ0v) is 13.4. The van der Waals surface area contributed by atoms with Gasteiger partial charge in [-0.15, -0.1) is 0 Å². The van der Waals surface area contributed by atoms with E-state index < -0.39 is 0 Å². The number of allylic oxidation sites excluding steroid dienone is 1. The first-order chi connectivity index (χ1) is 10.1. The van der Waals surface area contributed by atoms with Gasteiger partial charge in [0.1, 0.15) is 15.8 Å². The molecular weight excluding hydrogens is 302 g/mol. The molecule has 0 fully saturated rings. The molecule has 2 rings (SSSR count). The summed E-state index contributed by atoms with van der Waals surface area (Å²) < 4.78 is 6.30. The second-order valence-electron chi connectivity index (χ2n) is 4.41. The third-order valence-corrected chi connectivity index (χ3v) is 4.17. The van der Waals surface area contributed by atoms with Gasteiger partial charge in [0.15, 0.2) is 0 Å². The van der Waals surface area contributed by atoms with Gasteiger partial charge in [-0.05, 0) is 30.0 Å². The van der Waals surface area contributed by atoms with Crippen LogP contribution in [0.1, 0.15) is 12.7 Å². The van der Waals surface area contributed by atoms with Crippen LogP contribution in [0.5, 0.6) is 0 Å². The number of hydrogen-bond donors (Lipinski definition) is 0. The van der Waals surface area contributed by atoms with E-state index >= 15 is 0 Å². The molecule has 1 aromatic carbocycles. The van der Waals surface area contributed by atoms with Crippen LogP contribution >= 0.6 is 24.0 Å². The Labute approximate surface area is 133 Å². The number of thioether (sulfide) groups is 1. The van der Waals surface area contributed by atoms with Crippen LogP contribution in [0.2, 0.25) is 0 Å². The first-order valence-corrected chi connectivity index (χ1v) is 7.56. The van der Waals surface area contributed by atoms with Gasteiger partial charge >= 0.3 is 0 Å². The molecule has 1 aromatic heterocycles. The van der Waals surface area contributed by atoms with Gasteiger partial charge < -0.3 is 9.32 Å². The molecule has 0 aliphatic rings. The first kappa shape index (κ1) is 15.5. The van der Waals surface area contributed by atoms with Crippen LogP contribution in [0.4, 0.5) is 0 Å². The van der Waals surface area contributed by atoms with E-state index in [1.54, 1.807) is 7.05 Å². The number of nitrogens with zero attached hydrogens (tertiary/aromatic N) is 1. The summed E-state index contributed by atoms with van der Waals surface area (Å²) in [7, 11) is 1.63. The fraction of sp³-hybridized carbons (Fsp3) is 0.125. The molecule has 0 saturated carbocycles. The maximum absolute atomic E-state index is 10.6. The lowest BCUT2D eigenvalue weighted by atomic mass is 10.2. The standard InChI is InChI=1S/C16H15NO2S2/c1-12(21-16(20)17(2)11-18)10-14-8-9-15(19-14)13-6-4-3-5-7-13/h3-11H,1-2H3/b12-10-. The van der Waals surface area contributed by atoms with E-state index in [0.29, 0.717) is 10.7 Å². The van der Waals surface area contributed by atoms with Crippen LogP contribution in [0, 0.1) is 0 Å². The molecule has 0 aliphatic heterocycles. The number of hydrogen-bond acceptors (Lipinski definition) is 4. The summed E-state index contributed by atoms with van der Waals surface area (Å²) in [5.41, 5.74) is 1.04. The molecule has 1 amide bonds. The molecule has 1 heterocycles. The lowest BCUT2D eigenvalue weighted by molar-refractivity contribution is -0.113. The Morgan fingerprint density at radius 2 is 1.95 bits per heavy atom. The van der Waals surface area contributed by atoms with E-state index in [0.717, 1.165) is 22.0 Å². The first-order valence-electron chi connectivity index (χ1n) is 6.33. The fourth-order valence-electron chi connectivity index (χ4n) is 1.67. The zero-order valence-electron chi connectivity index (χ0n) is 11.8. The molecule has 0 aliphatic carbocycles. The number of thiocarbonyl (C=S) groups is 1. The van der Waals surface area contributed by atoms with Gasteiger partial charge in [-0.1, -0.05) is 54.3 Å². The monoisotopic (exact) mass is 317 g/mol. The third kappa shape index (κ3) is 4.31. The minimum absolute atomic E-state index is 0.508. The largest absolute Gasteiger partial charge is 0.457 e. The van der Waals surface area contributed by atoms with Crippen LogP contribution < -0.4 is 0 Å². The van der Waals surface area contributed by atoms with E-state index in [4.69, 9.17) is 16.6 Å². The average molecular weight is 317 g/mol. The highest BCUT2D eigenvalue weighted by Crippen LogP contribution is 2.26. The van der Waals surface area contributed by atoms with Gasteiger partial charge in [-0.2, -0.15) is 0 Å². The van der Waals surface area contributed by atoms with E-state index in [1.165, 1.54) is 16.7 Å². The third-order valence-electron chi connectivity index (χ3n) is 2.73. The number of benzene rings is 1. The summed E-state index contributed by atoms with van der Waals surface area (Å²) >= 11 is 6.50. The van der Waals surface area contributed by atoms with Crippen LogP contribution in [0.3, 0.4) is 0 Å². The predicted octanol–water partition coefficient (Wildman–Crippen LogP) is 4.41. The lowest BCUT2D eigenvalue weighted by Gasteiger charge is -2.10. The predicted molar refractivity (Wildman–Crippen MR) is 91.8 cm³/mol. The Morgan fingerprint density at radius 1 is 1.24 bits per heavy atom. The zero-order chi connectivity index (χ0) is 15.2. The normalized spacial score (nSPS) is 11.2. The topological polar surface area (TPSA) is 33.5 Å². The molecule has 5 heteroatoms. The Morgan fingerprint density at radius 3 is 2.62 bits per heavy atom. The molecule has 0 atom stereocenters. The molecule has 0 saturated heterocycles. The second-order valence-corrected chi connectivity index (χ2v) is 6.29. The molecule has 108 valence electrons. The maximum Gasteiger partial charge on any atom is 0.214 e. The minimum Gasteiger partial charge on any atom is -0.457 e. The molecule has 0 N–H and O–H groups in total. The second kappa shape index (κ2) is 7.24. The van der Waals surface area contributed by atoms with E-state index in [2.05, 4.69) is 0 Å². The van der Waals surface area contributed by atoms with Gasteiger partial charge in [0, 0.05) is 12.6 Å². The van der Waals surface area contributed by atoms with Gasteiger partial charge in [0.25, 0.3) is 0 Å². The molecule has 21 heavy (non-hydrogen) atoms. The van der Waals surface area contributed by atoms with Crippen molar-refractivity contribution in [3.63, 3.8) is 0 Å². The number of amides is 1. The SMILES string of the molecule is C/C(=C/c1ccc(-c2ccccc2)o1)SC(=S)N(C)C=O. The van der Waals surface area contributed by atoms with Crippen molar-refractivity contribution in [3.05, 3.63) is 53.1 Å². The highest BCUT2D eigenvalue weighted by molar-refractivity contribution is 8.25. The summed E-state index contributed by atoms with van der Waals surface area (Å²) in [6, 6.07) is 13.8. The van der Waals surface area contributed by atoms with Crippen molar-refractivity contribution in [1.29, 1.82) is 0 Å². The van der Waals surface area contributed by atoms with Gasteiger partial charge in [-0.25, -0.2) is 0 Å². The van der Waals surface area contributed by atoms with Crippen molar-refractivity contribution >= 4 is 40.8 Å². The summed E-state index contributed by atoms with van der Waals surface area (Å²) in [4.78, 5) is 13.0. The van der Waals surface area contributed by atoms with Crippen molar-refractivity contribution < 1.29 is 9.21 Å². The lowest BCUT2D eigenvalue weighted by Crippen LogP contribution is -2.19. The summed E-state index contributed by atoms with van der Waals surface area (Å²) in [6.07, 6.45) is 2.60. The van der Waals surface area contributed by atoms with Crippen molar-refractivity contribution in [1.82, 2.24) is 4.90 Å². The number of rotatable bonds is 4. The maximum atomic E-state index is 10.6. The van der Waals surface area contributed by atoms with Gasteiger partial charge in [-0.3, -0.25) is 4.79 Å². The Hall–Kier alpha value is -1.85. The number of carbonyl (C=O) groups is 1. The van der Waals surface area contributed by atoms with Crippen LogP contribution in [0.15, 0.2) is 51.8 Å². The van der Waals surface area contributed by atoms with Gasteiger partial charge in [0.05, 0.1) is 0 Å². The molecule has 2 aromatic rings. The van der Waals surface area contributed by atoms with Crippen molar-refractivity contribution in [3.8, 4) is 11.3 Å². The highest BCUT2D eigenvalue weighted by Gasteiger charge is 2.06. The Balaban J connectivity index is 2.09. The Kier molecular flexibility index (Phi) is 5.36. The van der Waals surface area contributed by atoms with Crippen LogP contribution in [-0.4, -0.2) is 22.7 Å². The fourth-order valence-corrected chi connectivity index (χ4v) is 2.75. The van der Waals surface area contributed by atoms with E-state index in [1.807, 2.05) is 55.5 Å². The summed E-state index contributed by atoms with van der Waals surface area (Å²) in [5, 5.41) is 0. The molecule has 3 nitrogen and oxygen atoms in total. The smallest absolute Gasteiger partial charge is 0.214 e. The molecular formula is C16H15NO2S2. The minimum atomic E-state index is 0.508. The summed E-state index contributed by atoms with van der Waals surface area (Å²) in [6.45, 7) is 1.93. The van der Waals surface area contributed by atoms with Crippen LogP contribution in [-0.2, 0) is 4.79 Å². The van der Waals surface area contributed by atoms with Gasteiger partial charge in [0.2, 0.25) is 6.41 Å². The molecule has 0 radical (unpaired) electrons. The van der Waals surface area contributed by atoms with Crippen molar-refractivity contribution in [2.75, 3.05) is 7.05 Å². The van der Waals surface area contributed by atoms with E-state index in [9.17, 15) is 4.79 Å².